The molecule has 0 radical (unpaired) electrons. The van der Waals surface area contributed by atoms with Crippen molar-refractivity contribution in [2.24, 2.45) is 0 Å². The lowest BCUT2D eigenvalue weighted by molar-refractivity contribution is 0.292. The maximum atomic E-state index is 5.51. The fourth-order valence-electron chi connectivity index (χ4n) is 1.76. The molecular formula is C15H21N5O. The summed E-state index contributed by atoms with van der Waals surface area (Å²) in [6.45, 7) is 2.63. The van der Waals surface area contributed by atoms with Crippen LogP contribution in [-0.4, -0.2) is 42.7 Å². The second kappa shape index (κ2) is 6.88. The monoisotopic (exact) mass is 287 g/mol. The predicted molar refractivity (Wildman–Crippen MR) is 84.9 cm³/mol. The van der Waals surface area contributed by atoms with Gasteiger partial charge < -0.3 is 15.0 Å². The number of rotatable bonds is 6. The van der Waals surface area contributed by atoms with Gasteiger partial charge in [-0.3, -0.25) is 0 Å². The standard InChI is InChI=1S/C15H21N5O/c1-5-10-21-15-18-13(17-14(16-2)19-15)11-6-8-12(9-7-11)20(3)4/h6-9H,5,10H2,1-4H3,(H,16,17,18,19). The van der Waals surface area contributed by atoms with Crippen molar-refractivity contribution in [3.05, 3.63) is 24.3 Å². The lowest BCUT2D eigenvalue weighted by atomic mass is 10.2. The molecule has 0 spiro atoms. The fourth-order valence-corrected chi connectivity index (χ4v) is 1.76. The molecule has 0 saturated carbocycles. The molecule has 6 heteroatoms. The first-order valence-electron chi connectivity index (χ1n) is 6.98. The third-order valence-corrected chi connectivity index (χ3v) is 2.92. The van der Waals surface area contributed by atoms with Crippen LogP contribution in [0.1, 0.15) is 13.3 Å². The molecule has 0 aliphatic heterocycles. The Balaban J connectivity index is 2.32. The Morgan fingerprint density at radius 2 is 1.81 bits per heavy atom. The molecule has 0 fully saturated rings. The summed E-state index contributed by atoms with van der Waals surface area (Å²) in [4.78, 5) is 15.0. The summed E-state index contributed by atoms with van der Waals surface area (Å²) in [6, 6.07) is 8.40. The van der Waals surface area contributed by atoms with Gasteiger partial charge in [-0.1, -0.05) is 6.92 Å². The highest BCUT2D eigenvalue weighted by molar-refractivity contribution is 5.61. The Morgan fingerprint density at radius 3 is 2.38 bits per heavy atom. The van der Waals surface area contributed by atoms with E-state index in [4.69, 9.17) is 4.74 Å². The Morgan fingerprint density at radius 1 is 1.10 bits per heavy atom. The van der Waals surface area contributed by atoms with E-state index in [1.807, 2.05) is 50.2 Å². The predicted octanol–water partition coefficient (Wildman–Crippen LogP) is 2.44. The average Bonchev–Trinajstić information content (AvgIpc) is 2.52. The quantitative estimate of drug-likeness (QED) is 0.880. The maximum Gasteiger partial charge on any atom is 0.321 e. The molecule has 112 valence electrons. The Kier molecular flexibility index (Phi) is 4.92. The van der Waals surface area contributed by atoms with Crippen molar-refractivity contribution in [3.8, 4) is 17.4 Å². The van der Waals surface area contributed by atoms with E-state index in [1.54, 1.807) is 7.05 Å². The van der Waals surface area contributed by atoms with Gasteiger partial charge in [0.05, 0.1) is 6.61 Å². The topological polar surface area (TPSA) is 63.2 Å². The van der Waals surface area contributed by atoms with Crippen LogP contribution in [0, 0.1) is 0 Å². The number of hydrogen-bond acceptors (Lipinski definition) is 6. The van der Waals surface area contributed by atoms with Crippen molar-refractivity contribution < 1.29 is 4.74 Å². The number of hydrogen-bond donors (Lipinski definition) is 1. The molecule has 0 amide bonds. The Bertz CT molecular complexity index is 583. The number of aromatic nitrogens is 3. The third kappa shape index (κ3) is 3.81. The van der Waals surface area contributed by atoms with Gasteiger partial charge in [-0.2, -0.15) is 15.0 Å². The summed E-state index contributed by atoms with van der Waals surface area (Å²) >= 11 is 0. The smallest absolute Gasteiger partial charge is 0.321 e. The number of nitrogens with one attached hydrogen (secondary N) is 1. The lowest BCUT2D eigenvalue weighted by Crippen LogP contribution is -2.08. The van der Waals surface area contributed by atoms with Crippen LogP contribution in [0.4, 0.5) is 11.6 Å². The van der Waals surface area contributed by atoms with Gasteiger partial charge >= 0.3 is 6.01 Å². The van der Waals surface area contributed by atoms with E-state index < -0.39 is 0 Å². The molecule has 0 unspecified atom stereocenters. The molecule has 1 heterocycles. The van der Waals surface area contributed by atoms with Crippen molar-refractivity contribution >= 4 is 11.6 Å². The van der Waals surface area contributed by atoms with Crippen LogP contribution >= 0.6 is 0 Å². The summed E-state index contributed by atoms with van der Waals surface area (Å²) in [7, 11) is 5.79. The maximum absolute atomic E-state index is 5.51. The molecule has 0 aliphatic carbocycles. The summed E-state index contributed by atoms with van der Waals surface area (Å²) in [5.74, 6) is 1.11. The van der Waals surface area contributed by atoms with E-state index in [2.05, 4.69) is 20.3 Å². The lowest BCUT2D eigenvalue weighted by Gasteiger charge is -2.12. The third-order valence-electron chi connectivity index (χ3n) is 2.92. The fraction of sp³-hybridized carbons (Fsp3) is 0.400. The largest absolute Gasteiger partial charge is 0.463 e. The first-order chi connectivity index (χ1) is 10.1. The van der Waals surface area contributed by atoms with E-state index in [9.17, 15) is 0 Å². The molecule has 2 aromatic rings. The Labute approximate surface area is 125 Å². The van der Waals surface area contributed by atoms with Crippen LogP contribution in [-0.2, 0) is 0 Å². The van der Waals surface area contributed by atoms with Gasteiger partial charge in [0, 0.05) is 32.4 Å². The average molecular weight is 287 g/mol. The molecule has 1 N–H and O–H groups in total. The number of benzene rings is 1. The molecule has 1 aromatic heterocycles. The van der Waals surface area contributed by atoms with Gasteiger partial charge in [-0.15, -0.1) is 0 Å². The second-order valence-electron chi connectivity index (χ2n) is 4.80. The van der Waals surface area contributed by atoms with Crippen molar-refractivity contribution in [3.63, 3.8) is 0 Å². The summed E-state index contributed by atoms with van der Waals surface area (Å²) in [5, 5.41) is 2.93. The molecule has 0 aliphatic rings. The SMILES string of the molecule is CCCOc1nc(NC)nc(-c2ccc(N(C)C)cc2)n1. The van der Waals surface area contributed by atoms with Gasteiger partial charge in [0.1, 0.15) is 0 Å². The highest BCUT2D eigenvalue weighted by Crippen LogP contribution is 2.21. The van der Waals surface area contributed by atoms with Crippen molar-refractivity contribution in [1.29, 1.82) is 0 Å². The normalized spacial score (nSPS) is 10.3. The highest BCUT2D eigenvalue weighted by atomic mass is 16.5. The zero-order valence-corrected chi connectivity index (χ0v) is 12.9. The van der Waals surface area contributed by atoms with Gasteiger partial charge in [-0.25, -0.2) is 0 Å². The van der Waals surface area contributed by atoms with E-state index >= 15 is 0 Å². The van der Waals surface area contributed by atoms with Gasteiger partial charge in [0.25, 0.3) is 0 Å². The minimum Gasteiger partial charge on any atom is -0.463 e. The summed E-state index contributed by atoms with van der Waals surface area (Å²) < 4.78 is 5.51. The first kappa shape index (κ1) is 15.0. The molecule has 2 rings (SSSR count). The van der Waals surface area contributed by atoms with Crippen LogP contribution in [0.15, 0.2) is 24.3 Å². The Hall–Kier alpha value is -2.37. The summed E-state index contributed by atoms with van der Waals surface area (Å²) in [6.07, 6.45) is 0.910. The molecule has 21 heavy (non-hydrogen) atoms. The van der Waals surface area contributed by atoms with Crippen LogP contribution in [0.5, 0.6) is 6.01 Å². The number of nitrogens with zero attached hydrogens (tertiary/aromatic N) is 4. The number of anilines is 2. The van der Waals surface area contributed by atoms with Crippen LogP contribution < -0.4 is 15.0 Å². The minimum atomic E-state index is 0.350. The van der Waals surface area contributed by atoms with Crippen LogP contribution in [0.2, 0.25) is 0 Å². The zero-order valence-electron chi connectivity index (χ0n) is 12.9. The van der Waals surface area contributed by atoms with Crippen molar-refractivity contribution in [2.45, 2.75) is 13.3 Å². The zero-order chi connectivity index (χ0) is 15.2. The van der Waals surface area contributed by atoms with E-state index in [-0.39, 0.29) is 0 Å². The molecule has 1 aromatic carbocycles. The van der Waals surface area contributed by atoms with E-state index in [1.165, 1.54) is 0 Å². The molecule has 0 atom stereocenters. The molecule has 0 saturated heterocycles. The van der Waals surface area contributed by atoms with E-state index in [0.717, 1.165) is 17.7 Å². The van der Waals surface area contributed by atoms with Crippen molar-refractivity contribution in [2.75, 3.05) is 38.0 Å². The van der Waals surface area contributed by atoms with Gasteiger partial charge in [0.2, 0.25) is 5.95 Å². The van der Waals surface area contributed by atoms with Crippen molar-refractivity contribution in [1.82, 2.24) is 15.0 Å². The first-order valence-corrected chi connectivity index (χ1v) is 6.98. The molecular weight excluding hydrogens is 266 g/mol. The van der Waals surface area contributed by atoms with Gasteiger partial charge in [-0.05, 0) is 30.7 Å². The van der Waals surface area contributed by atoms with E-state index in [0.29, 0.717) is 24.4 Å². The highest BCUT2D eigenvalue weighted by Gasteiger charge is 2.09. The van der Waals surface area contributed by atoms with Crippen LogP contribution in [0.25, 0.3) is 11.4 Å². The second-order valence-corrected chi connectivity index (χ2v) is 4.80. The molecule has 0 bridgehead atoms. The molecule has 6 nitrogen and oxygen atoms in total. The number of ether oxygens (including phenoxy) is 1. The summed E-state index contributed by atoms with van der Waals surface area (Å²) in [5.41, 5.74) is 2.06. The van der Waals surface area contributed by atoms with Gasteiger partial charge in [0.15, 0.2) is 5.82 Å². The van der Waals surface area contributed by atoms with Crippen LogP contribution in [0.3, 0.4) is 0 Å². The minimum absolute atomic E-state index is 0.350.